The zero-order valence-corrected chi connectivity index (χ0v) is 33.9. The lowest BCUT2D eigenvalue weighted by atomic mass is 9.93. The quantitative estimate of drug-likeness (QED) is 0.157. The molecule has 0 amide bonds. The van der Waals surface area contributed by atoms with Gasteiger partial charge in [0, 0.05) is 42.1 Å². The maximum Gasteiger partial charge on any atom is 0.0979 e. The van der Waals surface area contributed by atoms with Crippen molar-refractivity contribution in [3.05, 3.63) is 219 Å². The molecule has 0 atom stereocenters. The number of aromatic nitrogens is 2. The second-order valence-corrected chi connectivity index (χ2v) is 16.8. The summed E-state index contributed by atoms with van der Waals surface area (Å²) < 4.78 is 2.54. The molecule has 0 radical (unpaired) electrons. The van der Waals surface area contributed by atoms with Crippen LogP contribution in [0.15, 0.2) is 219 Å². The van der Waals surface area contributed by atoms with Crippen LogP contribution in [0.5, 0.6) is 0 Å². The first-order valence-corrected chi connectivity index (χ1v) is 21.5. The van der Waals surface area contributed by atoms with Crippen molar-refractivity contribution in [1.82, 2.24) is 9.97 Å². The van der Waals surface area contributed by atoms with Gasteiger partial charge in [0.2, 0.25) is 0 Å². The monoisotopic (exact) mass is 792 g/mol. The standard InChI is InChI=1S/C58H36N2S/c1-3-12-37(13-4-1)39-22-26-41(27-23-39)43-30-31-55-52(33-43)53-35-46(42-28-24-40(25-29-42)38-14-5-2-6-15-38)34-51(58(53)61-55)44-16-11-17-45(32-44)54-36-59-56-49-20-9-7-18-47(49)48-19-8-10-21-50(48)57(56)60-54/h1-36H. The summed E-state index contributed by atoms with van der Waals surface area (Å²) in [5.41, 5.74) is 15.8. The molecule has 0 N–H and O–H groups in total. The molecule has 284 valence electrons. The molecule has 3 heteroatoms. The molecule has 0 bridgehead atoms. The topological polar surface area (TPSA) is 25.8 Å². The molecule has 2 nitrogen and oxygen atoms in total. The third-order valence-electron chi connectivity index (χ3n) is 12.1. The van der Waals surface area contributed by atoms with Crippen LogP contribution in [0.2, 0.25) is 0 Å². The zero-order valence-electron chi connectivity index (χ0n) is 33.1. The summed E-state index contributed by atoms with van der Waals surface area (Å²) in [5.74, 6) is 0. The highest BCUT2D eigenvalue weighted by Gasteiger charge is 2.17. The van der Waals surface area contributed by atoms with Gasteiger partial charge in [0.25, 0.3) is 0 Å². The smallest absolute Gasteiger partial charge is 0.0979 e. The first kappa shape index (κ1) is 35.2. The average molecular weight is 793 g/mol. The molecule has 61 heavy (non-hydrogen) atoms. The predicted molar refractivity (Wildman–Crippen MR) is 260 cm³/mol. The van der Waals surface area contributed by atoms with Gasteiger partial charge in [0.15, 0.2) is 0 Å². The van der Waals surface area contributed by atoms with E-state index in [4.69, 9.17) is 9.97 Å². The van der Waals surface area contributed by atoms with Crippen LogP contribution in [0.3, 0.4) is 0 Å². The molecule has 0 aliphatic rings. The van der Waals surface area contributed by atoms with E-state index in [-0.39, 0.29) is 0 Å². The van der Waals surface area contributed by atoms with Crippen molar-refractivity contribution in [3.8, 4) is 66.9 Å². The van der Waals surface area contributed by atoms with Gasteiger partial charge < -0.3 is 0 Å². The van der Waals surface area contributed by atoms with Crippen molar-refractivity contribution < 1.29 is 0 Å². The van der Waals surface area contributed by atoms with Gasteiger partial charge in [0.1, 0.15) is 0 Å². The molecule has 0 aliphatic heterocycles. The predicted octanol–water partition coefficient (Wildman–Crippen LogP) is 16.3. The van der Waals surface area contributed by atoms with Gasteiger partial charge in [-0.1, -0.05) is 182 Å². The van der Waals surface area contributed by atoms with Crippen LogP contribution >= 0.6 is 11.3 Å². The van der Waals surface area contributed by atoms with Crippen LogP contribution in [-0.4, -0.2) is 9.97 Å². The fourth-order valence-electron chi connectivity index (χ4n) is 9.02. The molecule has 10 aromatic carbocycles. The summed E-state index contributed by atoms with van der Waals surface area (Å²) >= 11 is 1.87. The molecular weight excluding hydrogens is 757 g/mol. The van der Waals surface area contributed by atoms with E-state index in [1.165, 1.54) is 81.0 Å². The molecule has 0 aliphatic carbocycles. The first-order chi connectivity index (χ1) is 30.2. The second kappa shape index (κ2) is 14.5. The van der Waals surface area contributed by atoms with Gasteiger partial charge in [-0.3, -0.25) is 4.98 Å². The van der Waals surface area contributed by atoms with Gasteiger partial charge in [-0.25, -0.2) is 4.98 Å². The summed E-state index contributed by atoms with van der Waals surface area (Å²) in [6, 6.07) is 76.8. The Balaban J connectivity index is 1.01. The van der Waals surface area contributed by atoms with Crippen molar-refractivity contribution in [2.75, 3.05) is 0 Å². The van der Waals surface area contributed by atoms with Crippen molar-refractivity contribution >= 4 is 64.1 Å². The highest BCUT2D eigenvalue weighted by atomic mass is 32.1. The van der Waals surface area contributed by atoms with E-state index >= 15 is 0 Å². The van der Waals surface area contributed by atoms with E-state index in [0.717, 1.165) is 38.6 Å². The summed E-state index contributed by atoms with van der Waals surface area (Å²) in [7, 11) is 0. The summed E-state index contributed by atoms with van der Waals surface area (Å²) in [4.78, 5) is 10.4. The van der Waals surface area contributed by atoms with Crippen LogP contribution in [0.25, 0.3) is 120 Å². The van der Waals surface area contributed by atoms with E-state index < -0.39 is 0 Å². The van der Waals surface area contributed by atoms with Crippen LogP contribution in [0.1, 0.15) is 0 Å². The third-order valence-corrected chi connectivity index (χ3v) is 13.3. The lowest BCUT2D eigenvalue weighted by molar-refractivity contribution is 1.31. The Bertz CT molecular complexity index is 3570. The summed E-state index contributed by atoms with van der Waals surface area (Å²) in [5, 5.41) is 7.16. The van der Waals surface area contributed by atoms with Crippen LogP contribution < -0.4 is 0 Å². The SMILES string of the molecule is c1ccc(-c2ccc(-c3ccc4sc5c(-c6cccc(-c7cnc8c9ccccc9c9ccccc9c8n7)c6)cc(-c6ccc(-c7ccccc7)cc6)cc5c4c3)cc2)cc1. The number of rotatable bonds is 6. The average Bonchev–Trinajstić information content (AvgIpc) is 3.72. The van der Waals surface area contributed by atoms with E-state index in [2.05, 4.69) is 212 Å². The van der Waals surface area contributed by atoms with Crippen LogP contribution in [0.4, 0.5) is 0 Å². The van der Waals surface area contributed by atoms with E-state index in [0.29, 0.717) is 0 Å². The van der Waals surface area contributed by atoms with Crippen LogP contribution in [0, 0.1) is 0 Å². The van der Waals surface area contributed by atoms with Crippen molar-refractivity contribution in [1.29, 1.82) is 0 Å². The lowest BCUT2D eigenvalue weighted by Crippen LogP contribution is -1.92. The molecule has 2 aromatic heterocycles. The number of thiophene rings is 1. The second-order valence-electron chi connectivity index (χ2n) is 15.7. The Morgan fingerprint density at radius 1 is 0.295 bits per heavy atom. The third kappa shape index (κ3) is 6.18. The minimum atomic E-state index is 0.859. The maximum absolute atomic E-state index is 5.36. The first-order valence-electron chi connectivity index (χ1n) is 20.7. The normalized spacial score (nSPS) is 11.6. The minimum absolute atomic E-state index is 0.859. The van der Waals surface area contributed by atoms with Crippen LogP contribution in [-0.2, 0) is 0 Å². The molecule has 0 fully saturated rings. The largest absolute Gasteiger partial charge is 0.252 e. The lowest BCUT2D eigenvalue weighted by Gasteiger charge is -2.12. The molecule has 12 aromatic rings. The molecule has 0 unspecified atom stereocenters. The molecule has 0 saturated carbocycles. The Labute approximate surface area is 357 Å². The number of fused-ring (bicyclic) bond motifs is 9. The Kier molecular flexibility index (Phi) is 8.39. The molecule has 0 spiro atoms. The van der Waals surface area contributed by atoms with Crippen molar-refractivity contribution in [2.24, 2.45) is 0 Å². The van der Waals surface area contributed by atoms with E-state index in [1.54, 1.807) is 0 Å². The summed E-state index contributed by atoms with van der Waals surface area (Å²) in [6.07, 6.45) is 1.94. The van der Waals surface area contributed by atoms with Gasteiger partial charge in [0.05, 0.1) is 22.9 Å². The highest BCUT2D eigenvalue weighted by molar-refractivity contribution is 7.26. The number of hydrogen-bond donors (Lipinski definition) is 0. The highest BCUT2D eigenvalue weighted by Crippen LogP contribution is 2.45. The van der Waals surface area contributed by atoms with Gasteiger partial charge in [-0.15, -0.1) is 11.3 Å². The Morgan fingerprint density at radius 2 is 0.770 bits per heavy atom. The van der Waals surface area contributed by atoms with Crippen molar-refractivity contribution in [2.45, 2.75) is 0 Å². The number of hydrogen-bond acceptors (Lipinski definition) is 3. The molecular formula is C58H36N2S. The fourth-order valence-corrected chi connectivity index (χ4v) is 10.2. The minimum Gasteiger partial charge on any atom is -0.252 e. The fraction of sp³-hybridized carbons (Fsp3) is 0. The number of benzene rings is 10. The molecule has 0 saturated heterocycles. The van der Waals surface area contributed by atoms with E-state index in [9.17, 15) is 0 Å². The van der Waals surface area contributed by atoms with Gasteiger partial charge in [-0.05, 0) is 91.2 Å². The van der Waals surface area contributed by atoms with Gasteiger partial charge in [-0.2, -0.15) is 0 Å². The molecule has 2 heterocycles. The number of nitrogens with zero attached hydrogens (tertiary/aromatic N) is 2. The zero-order chi connectivity index (χ0) is 40.3. The maximum atomic E-state index is 5.36. The Morgan fingerprint density at radius 3 is 1.41 bits per heavy atom. The van der Waals surface area contributed by atoms with Crippen molar-refractivity contribution in [3.63, 3.8) is 0 Å². The Hall–Kier alpha value is -7.72. The van der Waals surface area contributed by atoms with E-state index in [1.807, 2.05) is 17.5 Å². The van der Waals surface area contributed by atoms with Gasteiger partial charge >= 0.3 is 0 Å². The molecule has 12 rings (SSSR count). The summed E-state index contributed by atoms with van der Waals surface area (Å²) in [6.45, 7) is 0.